The van der Waals surface area contributed by atoms with E-state index in [1.165, 1.54) is 0 Å². The average molecular weight is 242 g/mol. The maximum Gasteiger partial charge on any atom is 0.326 e. The summed E-state index contributed by atoms with van der Waals surface area (Å²) in [6, 6.07) is -0.758. The summed E-state index contributed by atoms with van der Waals surface area (Å²) in [5.41, 5.74) is 5.61. The van der Waals surface area contributed by atoms with Crippen LogP contribution in [0.15, 0.2) is 0 Å². The number of nitrogens with one attached hydrogen (secondary N) is 1. The summed E-state index contributed by atoms with van der Waals surface area (Å²) in [6.07, 6.45) is 4.01. The first-order valence-corrected chi connectivity index (χ1v) is 6.33. The van der Waals surface area contributed by atoms with Crippen LogP contribution in [0.2, 0.25) is 0 Å². The van der Waals surface area contributed by atoms with Gasteiger partial charge >= 0.3 is 5.97 Å². The van der Waals surface area contributed by atoms with Gasteiger partial charge in [-0.1, -0.05) is 19.8 Å². The summed E-state index contributed by atoms with van der Waals surface area (Å²) in [4.78, 5) is 22.9. The zero-order valence-electron chi connectivity index (χ0n) is 10.3. The summed E-state index contributed by atoms with van der Waals surface area (Å²) >= 11 is 0. The number of carboxylic acids is 1. The number of rotatable bonds is 6. The van der Waals surface area contributed by atoms with E-state index in [0.29, 0.717) is 13.0 Å². The Labute approximate surface area is 102 Å². The lowest BCUT2D eigenvalue weighted by Crippen LogP contribution is -2.45. The molecule has 5 nitrogen and oxygen atoms in total. The van der Waals surface area contributed by atoms with E-state index in [2.05, 4.69) is 5.32 Å². The molecule has 1 saturated carbocycles. The van der Waals surface area contributed by atoms with Crippen molar-refractivity contribution >= 4 is 11.9 Å². The van der Waals surface area contributed by atoms with Crippen LogP contribution in [-0.2, 0) is 9.59 Å². The highest BCUT2D eigenvalue weighted by Crippen LogP contribution is 2.31. The fourth-order valence-electron chi connectivity index (χ4n) is 2.49. The quantitative estimate of drug-likeness (QED) is 0.640. The fraction of sp³-hybridized carbons (Fsp3) is 0.833. The monoisotopic (exact) mass is 242 g/mol. The first kappa shape index (κ1) is 14.0. The van der Waals surface area contributed by atoms with Gasteiger partial charge in [-0.15, -0.1) is 0 Å². The van der Waals surface area contributed by atoms with E-state index in [1.54, 1.807) is 0 Å². The highest BCUT2D eigenvalue weighted by molar-refractivity contribution is 5.85. The molecule has 0 spiro atoms. The molecule has 0 aromatic rings. The molecule has 0 aliphatic heterocycles. The van der Waals surface area contributed by atoms with Crippen molar-refractivity contribution in [2.45, 2.75) is 45.1 Å². The van der Waals surface area contributed by atoms with Crippen LogP contribution in [0.3, 0.4) is 0 Å². The minimum Gasteiger partial charge on any atom is -0.480 e. The Morgan fingerprint density at radius 3 is 2.71 bits per heavy atom. The maximum absolute atomic E-state index is 12.0. The average Bonchev–Trinajstić information content (AvgIpc) is 2.76. The van der Waals surface area contributed by atoms with Crippen molar-refractivity contribution in [2.24, 2.45) is 17.6 Å². The zero-order chi connectivity index (χ0) is 12.8. The van der Waals surface area contributed by atoms with Crippen molar-refractivity contribution in [2.75, 3.05) is 6.54 Å². The van der Waals surface area contributed by atoms with E-state index in [0.717, 1.165) is 25.7 Å². The molecular formula is C12H22N2O3. The van der Waals surface area contributed by atoms with Gasteiger partial charge in [0.25, 0.3) is 0 Å². The topological polar surface area (TPSA) is 92.4 Å². The van der Waals surface area contributed by atoms with Gasteiger partial charge in [0.15, 0.2) is 0 Å². The predicted octanol–water partition coefficient (Wildman–Crippen LogP) is 0.731. The van der Waals surface area contributed by atoms with Crippen molar-refractivity contribution in [3.63, 3.8) is 0 Å². The number of carbonyl (C=O) groups excluding carboxylic acids is 1. The fourth-order valence-corrected chi connectivity index (χ4v) is 2.49. The van der Waals surface area contributed by atoms with Gasteiger partial charge < -0.3 is 16.2 Å². The Morgan fingerprint density at radius 1 is 1.47 bits per heavy atom. The van der Waals surface area contributed by atoms with Gasteiger partial charge in [-0.25, -0.2) is 4.79 Å². The largest absolute Gasteiger partial charge is 0.480 e. The Hall–Kier alpha value is -1.10. The molecule has 98 valence electrons. The molecule has 0 saturated heterocycles. The van der Waals surface area contributed by atoms with Gasteiger partial charge in [-0.3, -0.25) is 4.79 Å². The third kappa shape index (κ3) is 3.70. The molecular weight excluding hydrogens is 220 g/mol. The minimum absolute atomic E-state index is 0.0984. The van der Waals surface area contributed by atoms with Gasteiger partial charge in [0.2, 0.25) is 5.91 Å². The molecule has 1 aliphatic carbocycles. The van der Waals surface area contributed by atoms with Crippen LogP contribution in [-0.4, -0.2) is 29.6 Å². The van der Waals surface area contributed by atoms with E-state index in [1.807, 2.05) is 6.92 Å². The number of aliphatic carboxylic acids is 1. The third-order valence-corrected chi connectivity index (χ3v) is 3.49. The Morgan fingerprint density at radius 2 is 2.18 bits per heavy atom. The molecule has 1 amide bonds. The lowest BCUT2D eigenvalue weighted by molar-refractivity contribution is -0.142. The summed E-state index contributed by atoms with van der Waals surface area (Å²) in [5, 5.41) is 11.6. The van der Waals surface area contributed by atoms with Crippen LogP contribution in [0, 0.1) is 11.8 Å². The van der Waals surface area contributed by atoms with Crippen molar-refractivity contribution in [3.8, 4) is 0 Å². The molecule has 17 heavy (non-hydrogen) atoms. The maximum atomic E-state index is 12.0. The molecule has 0 aromatic heterocycles. The van der Waals surface area contributed by atoms with E-state index < -0.39 is 12.0 Å². The van der Waals surface area contributed by atoms with E-state index >= 15 is 0 Å². The molecule has 5 heteroatoms. The Balaban J connectivity index is 2.54. The van der Waals surface area contributed by atoms with E-state index in [-0.39, 0.29) is 17.7 Å². The molecule has 3 atom stereocenters. The number of carbonyl (C=O) groups is 2. The number of nitrogens with two attached hydrogens (primary N) is 1. The predicted molar refractivity (Wildman–Crippen MR) is 64.4 cm³/mol. The first-order valence-electron chi connectivity index (χ1n) is 6.33. The third-order valence-electron chi connectivity index (χ3n) is 3.49. The van der Waals surface area contributed by atoms with Crippen molar-refractivity contribution in [1.82, 2.24) is 5.32 Å². The minimum atomic E-state index is -0.956. The summed E-state index contributed by atoms with van der Waals surface area (Å²) in [5.74, 6) is -0.980. The van der Waals surface area contributed by atoms with Gasteiger partial charge in [-0.05, 0) is 31.7 Å². The van der Waals surface area contributed by atoms with Crippen molar-refractivity contribution in [3.05, 3.63) is 0 Å². The highest BCUT2D eigenvalue weighted by Gasteiger charge is 2.33. The van der Waals surface area contributed by atoms with Gasteiger partial charge in [0.1, 0.15) is 6.04 Å². The normalized spacial score (nSPS) is 25.5. The molecule has 0 heterocycles. The van der Waals surface area contributed by atoms with E-state index in [4.69, 9.17) is 10.8 Å². The van der Waals surface area contributed by atoms with Crippen LogP contribution in [0.5, 0.6) is 0 Å². The van der Waals surface area contributed by atoms with Crippen molar-refractivity contribution in [1.29, 1.82) is 0 Å². The second-order valence-corrected chi connectivity index (χ2v) is 4.72. The van der Waals surface area contributed by atoms with Crippen LogP contribution in [0.4, 0.5) is 0 Å². The Kier molecular flexibility index (Phi) is 5.41. The van der Waals surface area contributed by atoms with Gasteiger partial charge in [0, 0.05) is 5.92 Å². The van der Waals surface area contributed by atoms with E-state index in [9.17, 15) is 9.59 Å². The summed E-state index contributed by atoms with van der Waals surface area (Å²) in [6.45, 7) is 2.41. The van der Waals surface area contributed by atoms with Gasteiger partial charge in [-0.2, -0.15) is 0 Å². The standard InChI is InChI=1S/C12H22N2O3/c1-2-4-10(12(16)17)14-11(15)9-6-3-5-8(9)7-13/h8-10H,2-7,13H2,1H3,(H,14,15)(H,16,17)/t8?,9?,10-/m1/s1. The number of amides is 1. The molecule has 4 N–H and O–H groups in total. The number of hydrogen-bond acceptors (Lipinski definition) is 3. The van der Waals surface area contributed by atoms with Crippen LogP contribution < -0.4 is 11.1 Å². The second-order valence-electron chi connectivity index (χ2n) is 4.72. The second kappa shape index (κ2) is 6.59. The number of hydrogen-bond donors (Lipinski definition) is 3. The molecule has 0 radical (unpaired) electrons. The summed E-state index contributed by atoms with van der Waals surface area (Å²) in [7, 11) is 0. The zero-order valence-corrected chi connectivity index (χ0v) is 10.3. The molecule has 1 fully saturated rings. The molecule has 1 aliphatic rings. The SMILES string of the molecule is CCC[C@@H](NC(=O)C1CCCC1CN)C(=O)O. The van der Waals surface area contributed by atoms with Crippen LogP contribution in [0.25, 0.3) is 0 Å². The highest BCUT2D eigenvalue weighted by atomic mass is 16.4. The lowest BCUT2D eigenvalue weighted by atomic mass is 9.95. The van der Waals surface area contributed by atoms with Crippen molar-refractivity contribution < 1.29 is 14.7 Å². The molecule has 1 rings (SSSR count). The van der Waals surface area contributed by atoms with Crippen LogP contribution >= 0.6 is 0 Å². The number of carboxylic acid groups (broad SMARTS) is 1. The lowest BCUT2D eigenvalue weighted by Gasteiger charge is -2.20. The Bertz CT molecular complexity index is 281. The van der Waals surface area contributed by atoms with Crippen LogP contribution in [0.1, 0.15) is 39.0 Å². The molecule has 2 unspecified atom stereocenters. The summed E-state index contributed by atoms with van der Waals surface area (Å²) < 4.78 is 0. The first-order chi connectivity index (χ1) is 8.10. The molecule has 0 bridgehead atoms. The smallest absolute Gasteiger partial charge is 0.326 e. The van der Waals surface area contributed by atoms with Gasteiger partial charge in [0.05, 0.1) is 0 Å². The molecule has 0 aromatic carbocycles.